The van der Waals surface area contributed by atoms with E-state index in [0.717, 1.165) is 18.8 Å². The molecule has 1 N–H and O–H groups in total. The van der Waals surface area contributed by atoms with Gasteiger partial charge in [-0.25, -0.2) is 4.98 Å². The summed E-state index contributed by atoms with van der Waals surface area (Å²) in [6.45, 7) is 2.79. The Morgan fingerprint density at radius 2 is 2.62 bits per heavy atom. The van der Waals surface area contributed by atoms with Crippen molar-refractivity contribution in [3.8, 4) is 0 Å². The lowest BCUT2D eigenvalue weighted by Gasteiger charge is -2.26. The smallest absolute Gasteiger partial charge is 0.236 e. The SMILES string of the molecule is O=C1CNCCN1Cc1cscn1. The molecule has 0 saturated carbocycles. The fourth-order valence-corrected chi connectivity index (χ4v) is 1.87. The molecule has 0 aromatic carbocycles. The van der Waals surface area contributed by atoms with Crippen LogP contribution in [0.1, 0.15) is 5.69 Å². The highest BCUT2D eigenvalue weighted by Crippen LogP contribution is 2.06. The molecule has 2 rings (SSSR count). The molecule has 1 amide bonds. The highest BCUT2D eigenvalue weighted by atomic mass is 32.1. The number of rotatable bonds is 2. The van der Waals surface area contributed by atoms with Crippen molar-refractivity contribution in [1.29, 1.82) is 0 Å². The van der Waals surface area contributed by atoms with Crippen molar-refractivity contribution in [2.75, 3.05) is 19.6 Å². The van der Waals surface area contributed by atoms with E-state index in [-0.39, 0.29) is 5.91 Å². The summed E-state index contributed by atoms with van der Waals surface area (Å²) in [6.07, 6.45) is 0. The van der Waals surface area contributed by atoms with Crippen molar-refractivity contribution in [3.05, 3.63) is 16.6 Å². The molecule has 0 aliphatic carbocycles. The Hall–Kier alpha value is -0.940. The third-order valence-corrected chi connectivity index (χ3v) is 2.66. The number of aromatic nitrogens is 1. The molecule has 0 atom stereocenters. The molecule has 5 heteroatoms. The van der Waals surface area contributed by atoms with Crippen LogP contribution in [0.4, 0.5) is 0 Å². The highest BCUT2D eigenvalue weighted by Gasteiger charge is 2.17. The van der Waals surface area contributed by atoms with E-state index in [4.69, 9.17) is 0 Å². The van der Waals surface area contributed by atoms with Crippen molar-refractivity contribution in [2.24, 2.45) is 0 Å². The van der Waals surface area contributed by atoms with E-state index in [1.54, 1.807) is 16.8 Å². The zero-order valence-electron chi connectivity index (χ0n) is 7.19. The molecule has 4 nitrogen and oxygen atoms in total. The number of hydrogen-bond acceptors (Lipinski definition) is 4. The van der Waals surface area contributed by atoms with Crippen LogP contribution in [0.5, 0.6) is 0 Å². The van der Waals surface area contributed by atoms with Crippen molar-refractivity contribution in [3.63, 3.8) is 0 Å². The maximum atomic E-state index is 11.4. The molecule has 1 aromatic rings. The number of carbonyl (C=O) groups excluding carboxylic acids is 1. The van der Waals surface area contributed by atoms with Crippen LogP contribution in [-0.2, 0) is 11.3 Å². The maximum Gasteiger partial charge on any atom is 0.236 e. The van der Waals surface area contributed by atoms with E-state index >= 15 is 0 Å². The van der Waals surface area contributed by atoms with Gasteiger partial charge in [0.1, 0.15) is 0 Å². The Balaban J connectivity index is 1.97. The lowest BCUT2D eigenvalue weighted by molar-refractivity contribution is -0.132. The van der Waals surface area contributed by atoms with Crippen LogP contribution < -0.4 is 5.32 Å². The first-order valence-electron chi connectivity index (χ1n) is 4.22. The Labute approximate surface area is 80.6 Å². The average Bonchev–Trinajstić information content (AvgIpc) is 2.61. The third kappa shape index (κ3) is 2.05. The zero-order chi connectivity index (χ0) is 9.10. The van der Waals surface area contributed by atoms with Gasteiger partial charge in [0.25, 0.3) is 0 Å². The topological polar surface area (TPSA) is 45.2 Å². The van der Waals surface area contributed by atoms with Crippen LogP contribution in [0.3, 0.4) is 0 Å². The van der Waals surface area contributed by atoms with Crippen molar-refractivity contribution >= 4 is 17.2 Å². The summed E-state index contributed by atoms with van der Waals surface area (Å²) in [4.78, 5) is 17.3. The predicted octanol–water partition coefficient (Wildman–Crippen LogP) is 0.0749. The number of nitrogens with zero attached hydrogens (tertiary/aromatic N) is 2. The first kappa shape index (κ1) is 8.65. The first-order valence-corrected chi connectivity index (χ1v) is 5.16. The molecule has 13 heavy (non-hydrogen) atoms. The molecule has 0 unspecified atom stereocenters. The van der Waals surface area contributed by atoms with Crippen LogP contribution in [0, 0.1) is 0 Å². The van der Waals surface area contributed by atoms with Gasteiger partial charge in [0.05, 0.1) is 24.3 Å². The third-order valence-electron chi connectivity index (χ3n) is 2.02. The van der Waals surface area contributed by atoms with E-state index in [1.165, 1.54) is 0 Å². The fourth-order valence-electron chi connectivity index (χ4n) is 1.32. The van der Waals surface area contributed by atoms with E-state index in [1.807, 2.05) is 10.3 Å². The summed E-state index contributed by atoms with van der Waals surface area (Å²) in [6, 6.07) is 0. The minimum Gasteiger partial charge on any atom is -0.334 e. The Morgan fingerprint density at radius 1 is 1.69 bits per heavy atom. The molecule has 0 radical (unpaired) electrons. The van der Waals surface area contributed by atoms with Crippen LogP contribution in [0.2, 0.25) is 0 Å². The molecule has 2 heterocycles. The predicted molar refractivity (Wildman–Crippen MR) is 50.4 cm³/mol. The summed E-state index contributed by atoms with van der Waals surface area (Å²) in [5, 5.41) is 5.02. The molecule has 1 fully saturated rings. The average molecular weight is 197 g/mol. The molecule has 0 bridgehead atoms. The van der Waals surface area contributed by atoms with E-state index < -0.39 is 0 Å². The Bertz CT molecular complexity index is 286. The molecule has 1 aromatic heterocycles. The minimum absolute atomic E-state index is 0.166. The quantitative estimate of drug-likeness (QED) is 0.730. The van der Waals surface area contributed by atoms with Gasteiger partial charge in [-0.15, -0.1) is 11.3 Å². The Morgan fingerprint density at radius 3 is 3.31 bits per heavy atom. The molecule has 0 spiro atoms. The molecule has 1 aliphatic heterocycles. The largest absolute Gasteiger partial charge is 0.334 e. The zero-order valence-corrected chi connectivity index (χ0v) is 8.01. The summed E-state index contributed by atoms with van der Waals surface area (Å²) < 4.78 is 0. The molecular formula is C8H11N3OS. The van der Waals surface area contributed by atoms with Gasteiger partial charge in [0.15, 0.2) is 0 Å². The van der Waals surface area contributed by atoms with Crippen LogP contribution in [0.15, 0.2) is 10.9 Å². The maximum absolute atomic E-state index is 11.4. The van der Waals surface area contributed by atoms with E-state index in [9.17, 15) is 4.79 Å². The van der Waals surface area contributed by atoms with Crippen LogP contribution >= 0.6 is 11.3 Å². The van der Waals surface area contributed by atoms with Crippen molar-refractivity contribution < 1.29 is 4.79 Å². The summed E-state index contributed by atoms with van der Waals surface area (Å²) >= 11 is 1.56. The van der Waals surface area contributed by atoms with Gasteiger partial charge in [-0.2, -0.15) is 0 Å². The standard InChI is InChI=1S/C8H11N3OS/c12-8-3-9-1-2-11(8)4-7-5-13-6-10-7/h5-6,9H,1-4H2. The van der Waals surface area contributed by atoms with Crippen LogP contribution in [0.25, 0.3) is 0 Å². The number of carbonyl (C=O) groups is 1. The van der Waals surface area contributed by atoms with Crippen LogP contribution in [-0.4, -0.2) is 35.4 Å². The molecular weight excluding hydrogens is 186 g/mol. The summed E-state index contributed by atoms with van der Waals surface area (Å²) in [5.41, 5.74) is 2.78. The van der Waals surface area contributed by atoms with E-state index in [2.05, 4.69) is 10.3 Å². The lowest BCUT2D eigenvalue weighted by atomic mass is 10.3. The first-order chi connectivity index (χ1) is 6.36. The van der Waals surface area contributed by atoms with Crippen molar-refractivity contribution in [1.82, 2.24) is 15.2 Å². The highest BCUT2D eigenvalue weighted by molar-refractivity contribution is 7.07. The number of thiazole rings is 1. The van der Waals surface area contributed by atoms with Gasteiger partial charge in [-0.3, -0.25) is 4.79 Å². The molecule has 70 valence electrons. The summed E-state index contributed by atoms with van der Waals surface area (Å²) in [5.74, 6) is 0.166. The second-order valence-electron chi connectivity index (χ2n) is 2.97. The Kier molecular flexibility index (Phi) is 2.56. The number of piperazine rings is 1. The number of nitrogens with one attached hydrogen (secondary N) is 1. The van der Waals surface area contributed by atoms with Gasteiger partial charge in [0, 0.05) is 18.5 Å². The summed E-state index contributed by atoms with van der Waals surface area (Å²) in [7, 11) is 0. The molecule has 1 aliphatic rings. The van der Waals surface area contributed by atoms with Crippen molar-refractivity contribution in [2.45, 2.75) is 6.54 Å². The van der Waals surface area contributed by atoms with E-state index in [0.29, 0.717) is 13.1 Å². The van der Waals surface area contributed by atoms with Gasteiger partial charge >= 0.3 is 0 Å². The second kappa shape index (κ2) is 3.85. The number of amides is 1. The van der Waals surface area contributed by atoms with Gasteiger partial charge in [-0.1, -0.05) is 0 Å². The van der Waals surface area contributed by atoms with Gasteiger partial charge in [0.2, 0.25) is 5.91 Å². The molecule has 1 saturated heterocycles. The minimum atomic E-state index is 0.166. The lowest BCUT2D eigenvalue weighted by Crippen LogP contribution is -2.47. The normalized spacial score (nSPS) is 17.8. The number of hydrogen-bond donors (Lipinski definition) is 1. The monoisotopic (exact) mass is 197 g/mol. The fraction of sp³-hybridized carbons (Fsp3) is 0.500. The van der Waals surface area contributed by atoms with Gasteiger partial charge < -0.3 is 10.2 Å². The second-order valence-corrected chi connectivity index (χ2v) is 3.69. The van der Waals surface area contributed by atoms with Gasteiger partial charge in [-0.05, 0) is 0 Å².